The molecule has 2 rings (SSSR count). The number of anilines is 1. The van der Waals surface area contributed by atoms with E-state index in [0.717, 1.165) is 6.07 Å². The average Bonchev–Trinajstić information content (AvgIpc) is 2.54. The summed E-state index contributed by atoms with van der Waals surface area (Å²) in [6.07, 6.45) is 0. The molecule has 0 saturated carbocycles. The highest BCUT2D eigenvalue weighted by Crippen LogP contribution is 2.27. The van der Waals surface area contributed by atoms with E-state index in [1.165, 1.54) is 30.3 Å². The van der Waals surface area contributed by atoms with E-state index >= 15 is 0 Å². The fourth-order valence-electron chi connectivity index (χ4n) is 2.01. The quantitative estimate of drug-likeness (QED) is 0.678. The van der Waals surface area contributed by atoms with Crippen LogP contribution in [0.4, 0.5) is 10.1 Å². The summed E-state index contributed by atoms with van der Waals surface area (Å²) in [4.78, 5) is 11.8. The van der Waals surface area contributed by atoms with E-state index < -0.39 is 28.4 Å². The zero-order chi connectivity index (χ0) is 17.7. The number of para-hydroxylation sites is 1. The minimum Gasteiger partial charge on any atom is -0.465 e. The number of hydrogen-bond acceptors (Lipinski definition) is 4. The van der Waals surface area contributed by atoms with Gasteiger partial charge in [0.2, 0.25) is 0 Å². The van der Waals surface area contributed by atoms with Gasteiger partial charge in [0.15, 0.2) is 0 Å². The molecule has 2 aromatic carbocycles. The fourth-order valence-corrected chi connectivity index (χ4v) is 3.69. The van der Waals surface area contributed by atoms with Gasteiger partial charge in [0.05, 0.1) is 17.2 Å². The van der Waals surface area contributed by atoms with E-state index in [1.54, 1.807) is 19.1 Å². The number of esters is 1. The van der Waals surface area contributed by atoms with Crippen LogP contribution in [0.25, 0.3) is 0 Å². The summed E-state index contributed by atoms with van der Waals surface area (Å²) < 4.78 is 46.1. The van der Waals surface area contributed by atoms with Crippen LogP contribution in [0.1, 0.15) is 6.92 Å². The van der Waals surface area contributed by atoms with Crippen molar-refractivity contribution in [1.29, 1.82) is 0 Å². The topological polar surface area (TPSA) is 63.7 Å². The number of ether oxygens (including phenoxy) is 1. The van der Waals surface area contributed by atoms with E-state index in [4.69, 9.17) is 4.74 Å². The Morgan fingerprint density at radius 1 is 1.17 bits per heavy atom. The Kier molecular flexibility index (Phi) is 5.95. The maximum absolute atomic E-state index is 14.1. The number of carbonyl (C=O) groups excluding carboxylic acids is 1. The van der Waals surface area contributed by atoms with Crippen molar-refractivity contribution >= 4 is 37.6 Å². The molecular weight excluding hydrogens is 401 g/mol. The number of hydrogen-bond donors (Lipinski definition) is 0. The fraction of sp³-hybridized carbons (Fsp3) is 0.188. The second kappa shape index (κ2) is 7.76. The third-order valence-corrected chi connectivity index (χ3v) is 5.40. The maximum Gasteiger partial charge on any atom is 0.326 e. The smallest absolute Gasteiger partial charge is 0.326 e. The van der Waals surface area contributed by atoms with Crippen molar-refractivity contribution in [1.82, 2.24) is 0 Å². The van der Waals surface area contributed by atoms with Crippen LogP contribution in [0.15, 0.2) is 57.9 Å². The van der Waals surface area contributed by atoms with Crippen LogP contribution in [0, 0.1) is 5.82 Å². The molecule has 0 heterocycles. The highest BCUT2D eigenvalue weighted by Gasteiger charge is 2.29. The second-order valence-corrected chi connectivity index (χ2v) is 7.50. The van der Waals surface area contributed by atoms with Gasteiger partial charge in [-0.1, -0.05) is 28.1 Å². The Morgan fingerprint density at radius 3 is 2.38 bits per heavy atom. The lowest BCUT2D eigenvalue weighted by molar-refractivity contribution is -0.141. The van der Waals surface area contributed by atoms with Gasteiger partial charge in [-0.2, -0.15) is 0 Å². The van der Waals surface area contributed by atoms with E-state index in [0.29, 0.717) is 8.78 Å². The minimum atomic E-state index is -4.14. The molecule has 0 fully saturated rings. The molecule has 2 aromatic rings. The zero-order valence-corrected chi connectivity index (χ0v) is 15.2. The first-order valence-electron chi connectivity index (χ1n) is 7.04. The number of carbonyl (C=O) groups is 1. The second-order valence-electron chi connectivity index (χ2n) is 4.72. The van der Waals surface area contributed by atoms with Gasteiger partial charge in [-0.3, -0.25) is 9.10 Å². The van der Waals surface area contributed by atoms with Crippen molar-refractivity contribution in [3.63, 3.8) is 0 Å². The SMILES string of the molecule is CCOC(=O)CN(c1ccccc1F)S(=O)(=O)c1ccc(Br)cc1. The zero-order valence-electron chi connectivity index (χ0n) is 12.8. The largest absolute Gasteiger partial charge is 0.465 e. The molecule has 0 aliphatic heterocycles. The molecule has 0 aromatic heterocycles. The third-order valence-electron chi connectivity index (χ3n) is 3.10. The van der Waals surface area contributed by atoms with Gasteiger partial charge >= 0.3 is 5.97 Å². The van der Waals surface area contributed by atoms with Crippen LogP contribution >= 0.6 is 15.9 Å². The molecule has 0 aliphatic rings. The number of nitrogens with zero attached hydrogens (tertiary/aromatic N) is 1. The standard InChI is InChI=1S/C16H15BrFNO4S/c1-2-23-16(20)11-19(15-6-4-3-5-14(15)18)24(21,22)13-9-7-12(17)8-10-13/h3-10H,2,11H2,1H3. The van der Waals surface area contributed by atoms with Crippen molar-refractivity contribution in [2.24, 2.45) is 0 Å². The number of benzene rings is 2. The molecule has 24 heavy (non-hydrogen) atoms. The van der Waals surface area contributed by atoms with Crippen LogP contribution in [0.3, 0.4) is 0 Å². The Hall–Kier alpha value is -1.93. The molecule has 8 heteroatoms. The molecule has 0 saturated heterocycles. The van der Waals surface area contributed by atoms with E-state index in [2.05, 4.69) is 15.9 Å². The predicted octanol–water partition coefficient (Wildman–Crippen LogP) is 3.35. The van der Waals surface area contributed by atoms with Gasteiger partial charge in [0.1, 0.15) is 12.4 Å². The lowest BCUT2D eigenvalue weighted by Gasteiger charge is -2.24. The van der Waals surface area contributed by atoms with E-state index in [9.17, 15) is 17.6 Å². The summed E-state index contributed by atoms with van der Waals surface area (Å²) in [5.41, 5.74) is -0.214. The van der Waals surface area contributed by atoms with Gasteiger partial charge in [-0.15, -0.1) is 0 Å². The summed E-state index contributed by atoms with van der Waals surface area (Å²) in [5, 5.41) is 0. The summed E-state index contributed by atoms with van der Waals surface area (Å²) in [5.74, 6) is -1.51. The third kappa shape index (κ3) is 4.12. The number of sulfonamides is 1. The molecule has 0 radical (unpaired) electrons. The Bertz CT molecular complexity index is 824. The first-order chi connectivity index (χ1) is 11.4. The first kappa shape index (κ1) is 18.4. The van der Waals surface area contributed by atoms with Crippen LogP contribution in [-0.2, 0) is 19.6 Å². The molecule has 0 aliphatic carbocycles. The van der Waals surface area contributed by atoms with Crippen LogP contribution in [0.5, 0.6) is 0 Å². The summed E-state index contributed by atoms with van der Waals surface area (Å²) in [7, 11) is -4.14. The van der Waals surface area contributed by atoms with Crippen LogP contribution in [-0.4, -0.2) is 27.5 Å². The minimum absolute atomic E-state index is 0.0572. The molecule has 0 atom stereocenters. The lowest BCUT2D eigenvalue weighted by Crippen LogP contribution is -2.37. The van der Waals surface area contributed by atoms with E-state index in [1.807, 2.05) is 0 Å². The molecule has 0 amide bonds. The molecule has 0 bridgehead atoms. The van der Waals surface area contributed by atoms with Gasteiger partial charge < -0.3 is 4.74 Å². The Morgan fingerprint density at radius 2 is 1.79 bits per heavy atom. The summed E-state index contributed by atoms with van der Waals surface area (Å²) in [6, 6.07) is 11.2. The average molecular weight is 416 g/mol. The number of halogens is 2. The summed E-state index contributed by atoms with van der Waals surface area (Å²) in [6.45, 7) is 1.09. The predicted molar refractivity (Wildman–Crippen MR) is 91.7 cm³/mol. The van der Waals surface area contributed by atoms with Crippen molar-refractivity contribution in [2.75, 3.05) is 17.5 Å². The molecular formula is C16H15BrFNO4S. The van der Waals surface area contributed by atoms with Gasteiger partial charge in [-0.05, 0) is 43.3 Å². The monoisotopic (exact) mass is 415 g/mol. The normalized spacial score (nSPS) is 11.1. The van der Waals surface area contributed by atoms with Gasteiger partial charge in [-0.25, -0.2) is 12.8 Å². The molecule has 5 nitrogen and oxygen atoms in total. The Balaban J connectivity index is 2.50. The van der Waals surface area contributed by atoms with Gasteiger partial charge in [0.25, 0.3) is 10.0 Å². The molecule has 0 N–H and O–H groups in total. The van der Waals surface area contributed by atoms with Gasteiger partial charge in [0, 0.05) is 4.47 Å². The van der Waals surface area contributed by atoms with Crippen LogP contribution < -0.4 is 4.31 Å². The Labute approximate surface area is 148 Å². The highest BCUT2D eigenvalue weighted by molar-refractivity contribution is 9.10. The maximum atomic E-state index is 14.1. The van der Waals surface area contributed by atoms with Crippen LogP contribution in [0.2, 0.25) is 0 Å². The summed E-state index contributed by atoms with van der Waals surface area (Å²) >= 11 is 3.22. The van der Waals surface area contributed by atoms with Crippen molar-refractivity contribution in [3.05, 3.63) is 58.8 Å². The van der Waals surface area contributed by atoms with Crippen molar-refractivity contribution < 1.29 is 22.3 Å². The molecule has 128 valence electrons. The number of rotatable bonds is 6. The van der Waals surface area contributed by atoms with Crippen molar-refractivity contribution in [3.8, 4) is 0 Å². The lowest BCUT2D eigenvalue weighted by atomic mass is 10.3. The first-order valence-corrected chi connectivity index (χ1v) is 9.28. The van der Waals surface area contributed by atoms with Crippen molar-refractivity contribution in [2.45, 2.75) is 11.8 Å². The molecule has 0 spiro atoms. The highest BCUT2D eigenvalue weighted by atomic mass is 79.9. The molecule has 0 unspecified atom stereocenters. The van der Waals surface area contributed by atoms with E-state index in [-0.39, 0.29) is 17.2 Å².